The van der Waals surface area contributed by atoms with Crippen molar-refractivity contribution in [1.29, 1.82) is 0 Å². The molecule has 27 heavy (non-hydrogen) atoms. The zero-order valence-electron chi connectivity index (χ0n) is 15.5. The van der Waals surface area contributed by atoms with E-state index in [4.69, 9.17) is 4.74 Å². The molecule has 0 spiro atoms. The monoisotopic (exact) mass is 367 g/mol. The Morgan fingerprint density at radius 2 is 1.70 bits per heavy atom. The summed E-state index contributed by atoms with van der Waals surface area (Å²) in [6.07, 6.45) is 1.49. The molecule has 6 heteroatoms. The van der Waals surface area contributed by atoms with Gasteiger partial charge in [0.05, 0.1) is 6.61 Å². The topological polar surface area (TPSA) is 70.7 Å². The standard InChI is InChI=1S/C21H25N3O3/c1-27-15-16-7-9-17(10-8-16)20(25)22-19-11-13-24(14-12-19)21(26)23-18-5-3-2-4-6-18/h2-10,19H,11-15H2,1H3,(H,22,25)(H,23,26). The normalized spacial score (nSPS) is 14.6. The van der Waals surface area contributed by atoms with Crippen LogP contribution in [0.4, 0.5) is 10.5 Å². The minimum atomic E-state index is -0.0975. The fourth-order valence-electron chi connectivity index (χ4n) is 3.14. The minimum absolute atomic E-state index is 0.0776. The predicted octanol–water partition coefficient (Wildman–Crippen LogP) is 3.26. The maximum atomic E-state index is 12.4. The van der Waals surface area contributed by atoms with Crippen LogP contribution in [0.15, 0.2) is 54.6 Å². The first kappa shape index (κ1) is 18.9. The maximum absolute atomic E-state index is 12.4. The number of ether oxygens (including phenoxy) is 1. The molecule has 2 aromatic rings. The van der Waals surface area contributed by atoms with Crippen LogP contribution >= 0.6 is 0 Å². The fraction of sp³-hybridized carbons (Fsp3) is 0.333. The summed E-state index contributed by atoms with van der Waals surface area (Å²) in [4.78, 5) is 26.5. The average Bonchev–Trinajstić information content (AvgIpc) is 2.70. The smallest absolute Gasteiger partial charge is 0.321 e. The number of benzene rings is 2. The van der Waals surface area contributed by atoms with E-state index >= 15 is 0 Å². The molecule has 0 saturated carbocycles. The molecule has 3 rings (SSSR count). The average molecular weight is 367 g/mol. The highest BCUT2D eigenvalue weighted by atomic mass is 16.5. The third kappa shape index (κ3) is 5.31. The van der Waals surface area contributed by atoms with Gasteiger partial charge in [-0.1, -0.05) is 30.3 Å². The van der Waals surface area contributed by atoms with Crippen molar-refractivity contribution < 1.29 is 14.3 Å². The number of methoxy groups -OCH3 is 1. The predicted molar refractivity (Wildman–Crippen MR) is 105 cm³/mol. The van der Waals surface area contributed by atoms with Gasteiger partial charge >= 0.3 is 6.03 Å². The van der Waals surface area contributed by atoms with E-state index in [0.29, 0.717) is 25.3 Å². The molecule has 1 heterocycles. The molecule has 6 nitrogen and oxygen atoms in total. The molecule has 0 aromatic heterocycles. The van der Waals surface area contributed by atoms with Gasteiger partial charge in [-0.2, -0.15) is 0 Å². The Kier molecular flexibility index (Phi) is 6.44. The number of amides is 3. The summed E-state index contributed by atoms with van der Waals surface area (Å²) in [7, 11) is 1.65. The van der Waals surface area contributed by atoms with Crippen LogP contribution in [0, 0.1) is 0 Å². The number of hydrogen-bond acceptors (Lipinski definition) is 3. The van der Waals surface area contributed by atoms with Crippen LogP contribution in [0.2, 0.25) is 0 Å². The molecule has 1 aliphatic rings. The molecule has 0 radical (unpaired) electrons. The van der Waals surface area contributed by atoms with E-state index in [1.165, 1.54) is 0 Å². The number of nitrogens with zero attached hydrogens (tertiary/aromatic N) is 1. The van der Waals surface area contributed by atoms with Gasteiger partial charge in [0, 0.05) is 37.5 Å². The number of para-hydroxylation sites is 1. The number of hydrogen-bond donors (Lipinski definition) is 2. The van der Waals surface area contributed by atoms with Gasteiger partial charge in [0.2, 0.25) is 0 Å². The summed E-state index contributed by atoms with van der Waals surface area (Å²) in [6.45, 7) is 1.78. The quantitative estimate of drug-likeness (QED) is 0.852. The van der Waals surface area contributed by atoms with Crippen molar-refractivity contribution in [2.75, 3.05) is 25.5 Å². The second kappa shape index (κ2) is 9.19. The second-order valence-corrected chi connectivity index (χ2v) is 6.66. The third-order valence-electron chi connectivity index (χ3n) is 4.67. The number of likely N-dealkylation sites (tertiary alicyclic amines) is 1. The first-order valence-electron chi connectivity index (χ1n) is 9.15. The van der Waals surface area contributed by atoms with Crippen LogP contribution in [-0.4, -0.2) is 43.1 Å². The molecule has 1 aliphatic heterocycles. The molecule has 3 amide bonds. The summed E-state index contributed by atoms with van der Waals surface area (Å²) in [5.41, 5.74) is 2.46. The number of piperidine rings is 1. The van der Waals surface area contributed by atoms with Gasteiger partial charge in [-0.3, -0.25) is 4.79 Å². The van der Waals surface area contributed by atoms with Crippen LogP contribution < -0.4 is 10.6 Å². The van der Waals surface area contributed by atoms with E-state index in [9.17, 15) is 9.59 Å². The summed E-state index contributed by atoms with van der Waals surface area (Å²) >= 11 is 0. The first-order chi connectivity index (χ1) is 13.2. The van der Waals surface area contributed by atoms with Crippen molar-refractivity contribution in [3.8, 4) is 0 Å². The van der Waals surface area contributed by atoms with Gasteiger partial charge in [0.1, 0.15) is 0 Å². The van der Waals surface area contributed by atoms with Crippen molar-refractivity contribution in [2.45, 2.75) is 25.5 Å². The highest BCUT2D eigenvalue weighted by Gasteiger charge is 2.24. The largest absolute Gasteiger partial charge is 0.380 e. The Labute approximate surface area is 159 Å². The van der Waals surface area contributed by atoms with Crippen molar-refractivity contribution in [1.82, 2.24) is 10.2 Å². The van der Waals surface area contributed by atoms with Gasteiger partial charge in [0.25, 0.3) is 5.91 Å². The van der Waals surface area contributed by atoms with E-state index < -0.39 is 0 Å². The molecular formula is C21H25N3O3. The van der Waals surface area contributed by atoms with Crippen molar-refractivity contribution >= 4 is 17.6 Å². The maximum Gasteiger partial charge on any atom is 0.321 e. The Balaban J connectivity index is 1.46. The Hall–Kier alpha value is -2.86. The summed E-state index contributed by atoms with van der Waals surface area (Å²) in [5, 5.41) is 5.97. The number of anilines is 1. The molecule has 0 atom stereocenters. The van der Waals surface area contributed by atoms with E-state index in [0.717, 1.165) is 24.1 Å². The molecule has 0 bridgehead atoms. The number of rotatable bonds is 5. The van der Waals surface area contributed by atoms with E-state index in [1.54, 1.807) is 12.0 Å². The minimum Gasteiger partial charge on any atom is -0.380 e. The number of carbonyl (C=O) groups is 2. The number of carbonyl (C=O) groups excluding carboxylic acids is 2. The lowest BCUT2D eigenvalue weighted by molar-refractivity contribution is 0.0919. The van der Waals surface area contributed by atoms with Crippen LogP contribution in [0.25, 0.3) is 0 Å². The third-order valence-corrected chi connectivity index (χ3v) is 4.67. The first-order valence-corrected chi connectivity index (χ1v) is 9.15. The molecule has 1 saturated heterocycles. The molecule has 2 aromatic carbocycles. The van der Waals surface area contributed by atoms with Gasteiger partial charge in [-0.25, -0.2) is 4.79 Å². The van der Waals surface area contributed by atoms with Gasteiger partial charge in [0.15, 0.2) is 0 Å². The van der Waals surface area contributed by atoms with Crippen LogP contribution in [0.1, 0.15) is 28.8 Å². The van der Waals surface area contributed by atoms with Gasteiger partial charge in [-0.15, -0.1) is 0 Å². The van der Waals surface area contributed by atoms with E-state index in [2.05, 4.69) is 10.6 Å². The van der Waals surface area contributed by atoms with Crippen molar-refractivity contribution in [2.24, 2.45) is 0 Å². The molecule has 1 fully saturated rings. The Morgan fingerprint density at radius 3 is 2.33 bits per heavy atom. The van der Waals surface area contributed by atoms with Gasteiger partial charge < -0.3 is 20.3 Å². The number of urea groups is 1. The fourth-order valence-corrected chi connectivity index (χ4v) is 3.14. The second-order valence-electron chi connectivity index (χ2n) is 6.66. The molecule has 0 aliphatic carbocycles. The van der Waals surface area contributed by atoms with Crippen molar-refractivity contribution in [3.05, 3.63) is 65.7 Å². The lowest BCUT2D eigenvalue weighted by atomic mass is 10.0. The summed E-state index contributed by atoms with van der Waals surface area (Å²) < 4.78 is 5.08. The number of nitrogens with one attached hydrogen (secondary N) is 2. The van der Waals surface area contributed by atoms with E-state index in [-0.39, 0.29) is 18.0 Å². The molecule has 142 valence electrons. The van der Waals surface area contributed by atoms with Crippen LogP contribution in [0.5, 0.6) is 0 Å². The lowest BCUT2D eigenvalue weighted by Gasteiger charge is -2.32. The highest BCUT2D eigenvalue weighted by Crippen LogP contribution is 2.14. The van der Waals surface area contributed by atoms with E-state index in [1.807, 2.05) is 54.6 Å². The highest BCUT2D eigenvalue weighted by molar-refractivity contribution is 5.94. The van der Waals surface area contributed by atoms with Crippen molar-refractivity contribution in [3.63, 3.8) is 0 Å². The van der Waals surface area contributed by atoms with Crippen LogP contribution in [-0.2, 0) is 11.3 Å². The SMILES string of the molecule is COCc1ccc(C(=O)NC2CCN(C(=O)Nc3ccccc3)CC2)cc1. The zero-order valence-corrected chi connectivity index (χ0v) is 15.5. The molecule has 0 unspecified atom stereocenters. The lowest BCUT2D eigenvalue weighted by Crippen LogP contribution is -2.47. The summed E-state index contributed by atoms with van der Waals surface area (Å²) in [5.74, 6) is -0.0776. The molecule has 2 N–H and O–H groups in total. The zero-order chi connectivity index (χ0) is 19.1. The Morgan fingerprint density at radius 1 is 1.04 bits per heavy atom. The molecular weight excluding hydrogens is 342 g/mol. The Bertz CT molecular complexity index is 754. The van der Waals surface area contributed by atoms with Crippen LogP contribution in [0.3, 0.4) is 0 Å². The summed E-state index contributed by atoms with van der Waals surface area (Å²) in [6, 6.07) is 16.8. The van der Waals surface area contributed by atoms with Gasteiger partial charge in [-0.05, 0) is 42.7 Å².